The molecule has 1 atom stereocenters. The van der Waals surface area contributed by atoms with Crippen molar-refractivity contribution in [3.8, 4) is 0 Å². The first-order valence-corrected chi connectivity index (χ1v) is 6.02. The van der Waals surface area contributed by atoms with Gasteiger partial charge in [-0.05, 0) is 30.7 Å². The minimum Gasteiger partial charge on any atom is -0.315 e. The first-order valence-electron chi connectivity index (χ1n) is 6.02. The minimum atomic E-state index is 0.539. The fourth-order valence-corrected chi connectivity index (χ4v) is 3.53. The Bertz CT molecular complexity index is 344. The van der Waals surface area contributed by atoms with Crippen LogP contribution >= 0.6 is 0 Å². The van der Waals surface area contributed by atoms with Crippen molar-refractivity contribution >= 4 is 0 Å². The standard InChI is InChI=1S/C12H19N3/c1-9-6-14-15-11(9)10-7-13-8-12(10)4-2-3-5-12/h6,10,13H,2-5,7-8H2,1H3,(H,14,15). The Balaban J connectivity index is 1.95. The van der Waals surface area contributed by atoms with E-state index >= 15 is 0 Å². The smallest absolute Gasteiger partial charge is 0.0519 e. The fraction of sp³-hybridized carbons (Fsp3) is 0.750. The Morgan fingerprint density at radius 2 is 2.20 bits per heavy atom. The molecule has 0 aromatic carbocycles. The van der Waals surface area contributed by atoms with E-state index in [-0.39, 0.29) is 0 Å². The van der Waals surface area contributed by atoms with Crippen LogP contribution in [0.3, 0.4) is 0 Å². The lowest BCUT2D eigenvalue weighted by Gasteiger charge is -2.29. The number of hydrogen-bond donors (Lipinski definition) is 2. The van der Waals surface area contributed by atoms with Crippen LogP contribution in [0, 0.1) is 12.3 Å². The van der Waals surface area contributed by atoms with Gasteiger partial charge >= 0.3 is 0 Å². The van der Waals surface area contributed by atoms with E-state index in [1.165, 1.54) is 43.5 Å². The predicted molar refractivity (Wildman–Crippen MR) is 59.8 cm³/mol. The van der Waals surface area contributed by atoms with Crippen LogP contribution in [0.2, 0.25) is 0 Å². The lowest BCUT2D eigenvalue weighted by Crippen LogP contribution is -2.25. The van der Waals surface area contributed by atoms with Gasteiger partial charge in [0.2, 0.25) is 0 Å². The van der Waals surface area contributed by atoms with Gasteiger partial charge in [0.1, 0.15) is 0 Å². The monoisotopic (exact) mass is 205 g/mol. The Labute approximate surface area is 90.7 Å². The molecule has 2 heterocycles. The second-order valence-electron chi connectivity index (χ2n) is 5.22. The number of rotatable bonds is 1. The molecule has 1 saturated heterocycles. The molecule has 82 valence electrons. The maximum absolute atomic E-state index is 4.17. The first kappa shape index (κ1) is 9.40. The summed E-state index contributed by atoms with van der Waals surface area (Å²) < 4.78 is 0. The SMILES string of the molecule is Cc1cn[nH]c1C1CNCC12CCCC2. The van der Waals surface area contributed by atoms with Crippen molar-refractivity contribution in [2.45, 2.75) is 38.5 Å². The number of aromatic amines is 1. The van der Waals surface area contributed by atoms with Crippen LogP contribution in [0.4, 0.5) is 0 Å². The molecule has 3 nitrogen and oxygen atoms in total. The van der Waals surface area contributed by atoms with Crippen molar-refractivity contribution < 1.29 is 0 Å². The summed E-state index contributed by atoms with van der Waals surface area (Å²) >= 11 is 0. The second-order valence-corrected chi connectivity index (χ2v) is 5.22. The molecule has 15 heavy (non-hydrogen) atoms. The van der Waals surface area contributed by atoms with Crippen LogP contribution in [0.15, 0.2) is 6.20 Å². The molecule has 0 bridgehead atoms. The summed E-state index contributed by atoms with van der Waals surface area (Å²) in [7, 11) is 0. The molecule has 1 aliphatic heterocycles. The van der Waals surface area contributed by atoms with Crippen LogP contribution in [-0.4, -0.2) is 23.3 Å². The van der Waals surface area contributed by atoms with Gasteiger partial charge in [-0.2, -0.15) is 5.10 Å². The predicted octanol–water partition coefficient (Wildman–Crippen LogP) is 1.97. The summed E-state index contributed by atoms with van der Waals surface area (Å²) in [5.41, 5.74) is 3.24. The van der Waals surface area contributed by atoms with Crippen molar-refractivity contribution in [2.24, 2.45) is 5.41 Å². The molecular formula is C12H19N3. The van der Waals surface area contributed by atoms with E-state index in [1.54, 1.807) is 0 Å². The van der Waals surface area contributed by atoms with Gasteiger partial charge in [-0.3, -0.25) is 5.10 Å². The topological polar surface area (TPSA) is 40.7 Å². The molecule has 1 aromatic heterocycles. The molecule has 1 spiro atoms. The third-order valence-electron chi connectivity index (χ3n) is 4.38. The highest BCUT2D eigenvalue weighted by atomic mass is 15.1. The highest BCUT2D eigenvalue weighted by Crippen LogP contribution is 2.50. The van der Waals surface area contributed by atoms with E-state index in [0.717, 1.165) is 6.54 Å². The number of nitrogens with zero attached hydrogens (tertiary/aromatic N) is 1. The number of aromatic nitrogens is 2. The van der Waals surface area contributed by atoms with Crippen LogP contribution in [0.1, 0.15) is 42.9 Å². The number of nitrogens with one attached hydrogen (secondary N) is 2. The van der Waals surface area contributed by atoms with Gasteiger partial charge in [-0.15, -0.1) is 0 Å². The molecule has 2 aliphatic rings. The van der Waals surface area contributed by atoms with Gasteiger partial charge in [-0.1, -0.05) is 12.8 Å². The molecule has 1 aromatic rings. The Hall–Kier alpha value is -0.830. The third-order valence-corrected chi connectivity index (χ3v) is 4.38. The average Bonchev–Trinajstić information content (AvgIpc) is 2.90. The largest absolute Gasteiger partial charge is 0.315 e. The normalized spacial score (nSPS) is 29.0. The fourth-order valence-electron chi connectivity index (χ4n) is 3.53. The maximum Gasteiger partial charge on any atom is 0.0519 e. The summed E-state index contributed by atoms with van der Waals surface area (Å²) in [5.74, 6) is 0.669. The Kier molecular flexibility index (Phi) is 2.09. The van der Waals surface area contributed by atoms with Gasteiger partial charge < -0.3 is 5.32 Å². The molecule has 1 saturated carbocycles. The van der Waals surface area contributed by atoms with E-state index in [1.807, 2.05) is 6.20 Å². The molecular weight excluding hydrogens is 186 g/mol. The lowest BCUT2D eigenvalue weighted by molar-refractivity contribution is 0.290. The van der Waals surface area contributed by atoms with Crippen molar-refractivity contribution in [2.75, 3.05) is 13.1 Å². The van der Waals surface area contributed by atoms with Crippen LogP contribution in [-0.2, 0) is 0 Å². The van der Waals surface area contributed by atoms with Crippen molar-refractivity contribution in [3.05, 3.63) is 17.5 Å². The molecule has 0 amide bonds. The summed E-state index contributed by atoms with van der Waals surface area (Å²) in [5, 5.41) is 10.9. The molecule has 3 rings (SSSR count). The highest BCUT2D eigenvalue weighted by molar-refractivity contribution is 5.24. The van der Waals surface area contributed by atoms with Crippen molar-refractivity contribution in [3.63, 3.8) is 0 Å². The molecule has 1 aliphatic carbocycles. The van der Waals surface area contributed by atoms with Crippen molar-refractivity contribution in [1.29, 1.82) is 0 Å². The second kappa shape index (κ2) is 3.34. The summed E-state index contributed by atoms with van der Waals surface area (Å²) in [6.07, 6.45) is 7.55. The molecule has 2 N–H and O–H groups in total. The number of H-pyrrole nitrogens is 1. The first-order chi connectivity index (χ1) is 7.32. The summed E-state index contributed by atoms with van der Waals surface area (Å²) in [4.78, 5) is 0. The number of aryl methyl sites for hydroxylation is 1. The Morgan fingerprint density at radius 1 is 1.40 bits per heavy atom. The molecule has 3 heteroatoms. The zero-order chi connectivity index (χ0) is 10.3. The van der Waals surface area contributed by atoms with Gasteiger partial charge in [-0.25, -0.2) is 0 Å². The van der Waals surface area contributed by atoms with Gasteiger partial charge in [0, 0.05) is 24.7 Å². The van der Waals surface area contributed by atoms with Gasteiger partial charge in [0.05, 0.1) is 6.20 Å². The Morgan fingerprint density at radius 3 is 2.87 bits per heavy atom. The molecule has 0 radical (unpaired) electrons. The minimum absolute atomic E-state index is 0.539. The molecule has 2 fully saturated rings. The van der Waals surface area contributed by atoms with E-state index in [9.17, 15) is 0 Å². The summed E-state index contributed by atoms with van der Waals surface area (Å²) in [6, 6.07) is 0. The van der Waals surface area contributed by atoms with Crippen LogP contribution in [0.25, 0.3) is 0 Å². The molecule has 1 unspecified atom stereocenters. The van der Waals surface area contributed by atoms with Crippen molar-refractivity contribution in [1.82, 2.24) is 15.5 Å². The third kappa shape index (κ3) is 1.33. The zero-order valence-electron chi connectivity index (χ0n) is 9.34. The van der Waals surface area contributed by atoms with Crippen LogP contribution < -0.4 is 5.32 Å². The zero-order valence-corrected chi connectivity index (χ0v) is 9.34. The van der Waals surface area contributed by atoms with Gasteiger partial charge in [0.15, 0.2) is 0 Å². The van der Waals surface area contributed by atoms with Crippen LogP contribution in [0.5, 0.6) is 0 Å². The van der Waals surface area contributed by atoms with E-state index in [0.29, 0.717) is 11.3 Å². The highest BCUT2D eigenvalue weighted by Gasteiger charge is 2.46. The van der Waals surface area contributed by atoms with E-state index in [2.05, 4.69) is 22.4 Å². The number of hydrogen-bond acceptors (Lipinski definition) is 2. The lowest BCUT2D eigenvalue weighted by atomic mass is 9.74. The quantitative estimate of drug-likeness (QED) is 0.736. The van der Waals surface area contributed by atoms with Gasteiger partial charge in [0.25, 0.3) is 0 Å². The van der Waals surface area contributed by atoms with E-state index in [4.69, 9.17) is 0 Å². The van der Waals surface area contributed by atoms with E-state index < -0.39 is 0 Å². The maximum atomic E-state index is 4.17. The summed E-state index contributed by atoms with van der Waals surface area (Å²) in [6.45, 7) is 4.50. The average molecular weight is 205 g/mol.